The van der Waals surface area contributed by atoms with Crippen LogP contribution in [-0.4, -0.2) is 0 Å². The molecule has 2 rings (SSSR count). The molecule has 2 aromatic rings. The molecule has 2 N–H and O–H groups in total. The molecule has 0 aliphatic carbocycles. The smallest absolute Gasteiger partial charge is 0.126 e. The van der Waals surface area contributed by atoms with Gasteiger partial charge < -0.3 is 5.73 Å². The molecule has 0 saturated carbocycles. The van der Waals surface area contributed by atoms with E-state index < -0.39 is 0 Å². The zero-order chi connectivity index (χ0) is 12.4. The summed E-state index contributed by atoms with van der Waals surface area (Å²) in [5.74, 6) is -0.265. The van der Waals surface area contributed by atoms with Crippen LogP contribution in [-0.2, 0) is 6.42 Å². The van der Waals surface area contributed by atoms with Gasteiger partial charge in [-0.1, -0.05) is 11.6 Å². The molecule has 0 amide bonds. The average Bonchev–Trinajstić information content (AvgIpc) is 2.70. The summed E-state index contributed by atoms with van der Waals surface area (Å²) >= 11 is 10.8. The Hall–Kier alpha value is -0.420. The standard InChI is InChI=1S/C12H10BrClFNS/c13-12-5-8(6-17-12)11(16)4-7-3-9(14)1-2-10(7)15/h1-3,5-6,11H,4,16H2. The predicted molar refractivity (Wildman–Crippen MR) is 74.1 cm³/mol. The highest BCUT2D eigenvalue weighted by molar-refractivity contribution is 9.11. The van der Waals surface area contributed by atoms with Crippen molar-refractivity contribution in [3.63, 3.8) is 0 Å². The van der Waals surface area contributed by atoms with Gasteiger partial charge in [-0.05, 0) is 63.1 Å². The summed E-state index contributed by atoms with van der Waals surface area (Å²) in [6.07, 6.45) is 0.440. The lowest BCUT2D eigenvalue weighted by atomic mass is 10.0. The largest absolute Gasteiger partial charge is 0.324 e. The third-order valence-corrected chi connectivity index (χ3v) is 4.22. The number of halogens is 3. The quantitative estimate of drug-likeness (QED) is 0.876. The van der Waals surface area contributed by atoms with Gasteiger partial charge in [-0.25, -0.2) is 4.39 Å². The van der Waals surface area contributed by atoms with Crippen molar-refractivity contribution in [3.05, 3.63) is 55.4 Å². The predicted octanol–water partition coefficient (Wildman–Crippen LogP) is 4.55. The molecule has 1 atom stereocenters. The van der Waals surface area contributed by atoms with Crippen molar-refractivity contribution in [1.82, 2.24) is 0 Å². The van der Waals surface area contributed by atoms with Crippen LogP contribution in [0.2, 0.25) is 5.02 Å². The molecule has 17 heavy (non-hydrogen) atoms. The first-order valence-corrected chi connectivity index (χ1v) is 7.05. The summed E-state index contributed by atoms with van der Waals surface area (Å²) in [6, 6.07) is 6.27. The summed E-state index contributed by atoms with van der Waals surface area (Å²) in [5.41, 5.74) is 7.59. The molecular formula is C12H10BrClFNS. The van der Waals surface area contributed by atoms with E-state index in [2.05, 4.69) is 15.9 Å². The maximum Gasteiger partial charge on any atom is 0.126 e. The Morgan fingerprint density at radius 3 is 2.82 bits per heavy atom. The second-order valence-electron chi connectivity index (χ2n) is 3.73. The molecule has 0 fully saturated rings. The van der Waals surface area contributed by atoms with Gasteiger partial charge in [0, 0.05) is 11.1 Å². The Morgan fingerprint density at radius 2 is 2.18 bits per heavy atom. The van der Waals surface area contributed by atoms with Crippen molar-refractivity contribution in [2.24, 2.45) is 5.73 Å². The van der Waals surface area contributed by atoms with Crippen LogP contribution in [0.25, 0.3) is 0 Å². The molecule has 1 aromatic heterocycles. The monoisotopic (exact) mass is 333 g/mol. The van der Waals surface area contributed by atoms with Gasteiger partial charge >= 0.3 is 0 Å². The Kier molecular flexibility index (Phi) is 4.20. The van der Waals surface area contributed by atoms with Crippen LogP contribution in [0.1, 0.15) is 17.2 Å². The van der Waals surface area contributed by atoms with Gasteiger partial charge in [-0.3, -0.25) is 0 Å². The fourth-order valence-electron chi connectivity index (χ4n) is 1.57. The van der Waals surface area contributed by atoms with E-state index in [-0.39, 0.29) is 11.9 Å². The Labute approximate surface area is 117 Å². The number of benzene rings is 1. The van der Waals surface area contributed by atoms with Crippen molar-refractivity contribution in [3.8, 4) is 0 Å². The zero-order valence-electron chi connectivity index (χ0n) is 8.79. The first-order valence-electron chi connectivity index (χ1n) is 4.99. The molecule has 5 heteroatoms. The van der Waals surface area contributed by atoms with E-state index in [0.29, 0.717) is 17.0 Å². The Balaban J connectivity index is 2.18. The molecule has 0 spiro atoms. The molecule has 0 aliphatic heterocycles. The molecule has 1 unspecified atom stereocenters. The van der Waals surface area contributed by atoms with E-state index in [0.717, 1.165) is 9.35 Å². The Morgan fingerprint density at radius 1 is 1.41 bits per heavy atom. The molecule has 0 radical (unpaired) electrons. The number of rotatable bonds is 3. The molecular weight excluding hydrogens is 325 g/mol. The molecule has 1 heterocycles. The summed E-state index contributed by atoms with van der Waals surface area (Å²) < 4.78 is 14.6. The summed E-state index contributed by atoms with van der Waals surface area (Å²) in [5, 5.41) is 2.50. The molecule has 0 saturated heterocycles. The third kappa shape index (κ3) is 3.28. The van der Waals surface area contributed by atoms with Crippen LogP contribution < -0.4 is 5.73 Å². The van der Waals surface area contributed by atoms with Crippen molar-refractivity contribution < 1.29 is 4.39 Å². The van der Waals surface area contributed by atoms with Gasteiger partial charge in [0.15, 0.2) is 0 Å². The molecule has 0 bridgehead atoms. The van der Waals surface area contributed by atoms with Gasteiger partial charge in [-0.15, -0.1) is 11.3 Å². The minimum atomic E-state index is -0.265. The van der Waals surface area contributed by atoms with E-state index in [9.17, 15) is 4.39 Å². The van der Waals surface area contributed by atoms with Crippen LogP contribution in [0.5, 0.6) is 0 Å². The number of thiophene rings is 1. The second kappa shape index (κ2) is 5.48. The minimum Gasteiger partial charge on any atom is -0.324 e. The van der Waals surface area contributed by atoms with Crippen LogP contribution in [0.4, 0.5) is 4.39 Å². The van der Waals surface area contributed by atoms with Crippen LogP contribution in [0.3, 0.4) is 0 Å². The first-order chi connectivity index (χ1) is 8.06. The third-order valence-electron chi connectivity index (χ3n) is 2.46. The molecule has 1 nitrogen and oxygen atoms in total. The van der Waals surface area contributed by atoms with E-state index in [1.807, 2.05) is 11.4 Å². The van der Waals surface area contributed by atoms with Crippen LogP contribution >= 0.6 is 38.9 Å². The lowest BCUT2D eigenvalue weighted by Crippen LogP contribution is -2.13. The van der Waals surface area contributed by atoms with E-state index >= 15 is 0 Å². The fourth-order valence-corrected chi connectivity index (χ4v) is 3.01. The minimum absolute atomic E-state index is 0.217. The SMILES string of the molecule is NC(Cc1cc(Cl)ccc1F)c1csc(Br)c1. The number of nitrogens with two attached hydrogens (primary N) is 1. The highest BCUT2D eigenvalue weighted by Crippen LogP contribution is 2.27. The van der Waals surface area contributed by atoms with Crippen LogP contribution in [0, 0.1) is 5.82 Å². The van der Waals surface area contributed by atoms with Crippen LogP contribution in [0.15, 0.2) is 33.4 Å². The Bertz CT molecular complexity index is 529. The summed E-state index contributed by atoms with van der Waals surface area (Å²) in [4.78, 5) is 0. The lowest BCUT2D eigenvalue weighted by molar-refractivity contribution is 0.593. The maximum atomic E-state index is 13.5. The number of hydrogen-bond donors (Lipinski definition) is 1. The van der Waals surface area contributed by atoms with Gasteiger partial charge in [0.05, 0.1) is 3.79 Å². The van der Waals surface area contributed by atoms with Crippen molar-refractivity contribution in [2.75, 3.05) is 0 Å². The van der Waals surface area contributed by atoms with E-state index in [1.165, 1.54) is 12.1 Å². The first kappa shape index (κ1) is 13.0. The van der Waals surface area contributed by atoms with Crippen molar-refractivity contribution in [1.29, 1.82) is 0 Å². The zero-order valence-corrected chi connectivity index (χ0v) is 11.9. The normalized spacial score (nSPS) is 12.7. The van der Waals surface area contributed by atoms with E-state index in [4.69, 9.17) is 17.3 Å². The lowest BCUT2D eigenvalue weighted by Gasteiger charge is -2.11. The van der Waals surface area contributed by atoms with Gasteiger partial charge in [0.25, 0.3) is 0 Å². The topological polar surface area (TPSA) is 26.0 Å². The maximum absolute atomic E-state index is 13.5. The fraction of sp³-hybridized carbons (Fsp3) is 0.167. The van der Waals surface area contributed by atoms with E-state index in [1.54, 1.807) is 17.4 Å². The van der Waals surface area contributed by atoms with Crippen molar-refractivity contribution in [2.45, 2.75) is 12.5 Å². The highest BCUT2D eigenvalue weighted by Gasteiger charge is 2.12. The number of hydrogen-bond acceptors (Lipinski definition) is 2. The van der Waals surface area contributed by atoms with Gasteiger partial charge in [-0.2, -0.15) is 0 Å². The second-order valence-corrected chi connectivity index (χ2v) is 6.46. The van der Waals surface area contributed by atoms with Gasteiger partial charge in [0.2, 0.25) is 0 Å². The molecule has 0 aliphatic rings. The van der Waals surface area contributed by atoms with Crippen molar-refractivity contribution >= 4 is 38.9 Å². The highest BCUT2D eigenvalue weighted by atomic mass is 79.9. The summed E-state index contributed by atoms with van der Waals surface area (Å²) in [7, 11) is 0. The van der Waals surface area contributed by atoms with Gasteiger partial charge in [0.1, 0.15) is 5.82 Å². The average molecular weight is 335 g/mol. The molecule has 1 aromatic carbocycles. The molecule has 90 valence electrons. The summed E-state index contributed by atoms with van der Waals surface area (Å²) in [6.45, 7) is 0.